The highest BCUT2D eigenvalue weighted by Gasteiger charge is 2.19. The van der Waals surface area contributed by atoms with Crippen molar-refractivity contribution in [2.45, 2.75) is 19.8 Å². The highest BCUT2D eigenvalue weighted by atomic mass is 32.2. The maximum Gasteiger partial charge on any atom is 0.126 e. The number of rotatable bonds is 3. The summed E-state index contributed by atoms with van der Waals surface area (Å²) < 4.78 is 30.0. The molecule has 0 unspecified atom stereocenters. The van der Waals surface area contributed by atoms with E-state index in [9.17, 15) is 13.7 Å². The van der Waals surface area contributed by atoms with Crippen molar-refractivity contribution in [2.75, 3.05) is 11.5 Å². The lowest BCUT2D eigenvalue weighted by Gasteiger charge is -2.18. The third kappa shape index (κ3) is 3.14. The Morgan fingerprint density at radius 3 is 2.73 bits per heavy atom. The molecular formula is C19H18FN3O2S. The molecule has 4 rings (SSSR count). The number of fused-ring (bicyclic) bond motifs is 1. The summed E-state index contributed by atoms with van der Waals surface area (Å²) in [6.07, 6.45) is 2.78. The summed E-state index contributed by atoms with van der Waals surface area (Å²) in [5.41, 5.74) is 3.67. The molecule has 0 radical (unpaired) electrons. The van der Waals surface area contributed by atoms with Crippen molar-refractivity contribution in [1.29, 1.82) is 0 Å². The molecular weight excluding hydrogens is 353 g/mol. The van der Waals surface area contributed by atoms with Crippen molar-refractivity contribution < 1.29 is 13.7 Å². The van der Waals surface area contributed by atoms with Crippen LogP contribution in [0.25, 0.3) is 10.9 Å². The maximum absolute atomic E-state index is 13.2. The fourth-order valence-corrected chi connectivity index (χ4v) is 4.64. The Morgan fingerprint density at radius 1 is 1.23 bits per heavy atom. The summed E-state index contributed by atoms with van der Waals surface area (Å²) in [6.45, 7) is 1.94. The minimum atomic E-state index is -2.08. The molecule has 0 saturated carbocycles. The number of hydrogen-bond donors (Lipinski definition) is 1. The van der Waals surface area contributed by atoms with Gasteiger partial charge in [0.25, 0.3) is 0 Å². The first-order valence-corrected chi connectivity index (χ1v) is 10.2. The second-order valence-electron chi connectivity index (χ2n) is 6.55. The van der Waals surface area contributed by atoms with E-state index in [1.165, 1.54) is 12.4 Å². The highest BCUT2D eigenvalue weighted by molar-refractivity contribution is 7.95. The zero-order valence-electron chi connectivity index (χ0n) is 14.3. The Bertz CT molecular complexity index is 1130. The second-order valence-corrected chi connectivity index (χ2v) is 9.10. The maximum atomic E-state index is 13.2. The van der Waals surface area contributed by atoms with Crippen molar-refractivity contribution in [3.63, 3.8) is 0 Å². The Kier molecular flexibility index (Phi) is 4.11. The van der Waals surface area contributed by atoms with Gasteiger partial charge >= 0.3 is 0 Å². The summed E-state index contributed by atoms with van der Waals surface area (Å²) in [4.78, 5) is 8.68. The number of phenolic OH excluding ortho intramolecular Hbond substituents is 1. The topological polar surface area (TPSA) is 75.4 Å². The molecule has 2 aromatic carbocycles. The second kappa shape index (κ2) is 6.32. The fraction of sp³-hybridized carbons (Fsp3) is 0.263. The van der Waals surface area contributed by atoms with E-state index < -0.39 is 15.5 Å². The first-order chi connectivity index (χ1) is 12.4. The number of halogens is 1. The van der Waals surface area contributed by atoms with Gasteiger partial charge in [-0.3, -0.25) is 0 Å². The van der Waals surface area contributed by atoms with Gasteiger partial charge < -0.3 is 5.11 Å². The van der Waals surface area contributed by atoms with Crippen LogP contribution >= 0.6 is 0 Å². The van der Waals surface area contributed by atoms with Gasteiger partial charge in [0.05, 0.1) is 26.6 Å². The predicted molar refractivity (Wildman–Crippen MR) is 99.7 cm³/mol. The van der Waals surface area contributed by atoms with Crippen LogP contribution in [-0.4, -0.2) is 30.8 Å². The van der Waals surface area contributed by atoms with E-state index >= 15 is 0 Å². The van der Waals surface area contributed by atoms with Gasteiger partial charge in [0.1, 0.15) is 17.9 Å². The normalized spacial score (nSPS) is 15.6. The average Bonchev–Trinajstić information content (AvgIpc) is 2.56. The van der Waals surface area contributed by atoms with E-state index in [0.29, 0.717) is 29.2 Å². The number of aromatic hydroxyl groups is 1. The number of aryl methyl sites for hydroxylation is 1. The molecule has 0 aliphatic carbocycles. The molecule has 1 aliphatic heterocycles. The predicted octanol–water partition coefficient (Wildman–Crippen LogP) is 3.88. The Morgan fingerprint density at radius 2 is 2.04 bits per heavy atom. The Balaban J connectivity index is 1.79. The minimum absolute atomic E-state index is 0.0945. The molecule has 2 heterocycles. The van der Waals surface area contributed by atoms with Crippen molar-refractivity contribution in [2.24, 2.45) is 4.36 Å². The van der Waals surface area contributed by atoms with Crippen LogP contribution in [0.4, 0.5) is 10.1 Å². The fourth-order valence-electron chi connectivity index (χ4n) is 3.18. The Hall–Kier alpha value is -2.54. The van der Waals surface area contributed by atoms with Gasteiger partial charge in [-0.1, -0.05) is 6.07 Å². The number of phenols is 1. The summed E-state index contributed by atoms with van der Waals surface area (Å²) in [5, 5.41) is 10.8. The lowest BCUT2D eigenvalue weighted by Crippen LogP contribution is -2.22. The first-order valence-electron chi connectivity index (χ1n) is 8.38. The van der Waals surface area contributed by atoms with Crippen LogP contribution in [0.3, 0.4) is 0 Å². The quantitative estimate of drug-likeness (QED) is 0.758. The monoisotopic (exact) mass is 371 g/mol. The SMILES string of the molecule is Cc1cc(N=S2(=O)CCC2)cc2ncnc(Cc3ccc(F)cc3O)c12. The van der Waals surface area contributed by atoms with Crippen LogP contribution in [-0.2, 0) is 16.1 Å². The zero-order chi connectivity index (χ0) is 18.3. The lowest BCUT2D eigenvalue weighted by molar-refractivity contribution is 0.463. The van der Waals surface area contributed by atoms with Crippen molar-refractivity contribution in [3.05, 3.63) is 59.3 Å². The van der Waals surface area contributed by atoms with E-state index in [-0.39, 0.29) is 5.75 Å². The Labute approximate surface area is 151 Å². The summed E-state index contributed by atoms with van der Waals surface area (Å²) >= 11 is 0. The minimum Gasteiger partial charge on any atom is -0.508 e. The van der Waals surface area contributed by atoms with Crippen LogP contribution in [0.15, 0.2) is 41.0 Å². The molecule has 1 aliphatic rings. The highest BCUT2D eigenvalue weighted by Crippen LogP contribution is 2.30. The van der Waals surface area contributed by atoms with Crippen molar-refractivity contribution in [1.82, 2.24) is 9.97 Å². The van der Waals surface area contributed by atoms with Crippen molar-refractivity contribution in [3.8, 4) is 5.75 Å². The molecule has 5 nitrogen and oxygen atoms in total. The van der Waals surface area contributed by atoms with Gasteiger partial charge in [0.15, 0.2) is 0 Å². The third-order valence-corrected chi connectivity index (χ3v) is 7.00. The van der Waals surface area contributed by atoms with Gasteiger partial charge in [0.2, 0.25) is 0 Å². The van der Waals surface area contributed by atoms with E-state index in [2.05, 4.69) is 14.3 Å². The lowest BCUT2D eigenvalue weighted by atomic mass is 10.0. The molecule has 7 heteroatoms. The van der Waals surface area contributed by atoms with Gasteiger partial charge in [-0.25, -0.2) is 18.6 Å². The molecule has 1 N–H and O–H groups in total. The van der Waals surface area contributed by atoms with Gasteiger partial charge in [-0.2, -0.15) is 4.36 Å². The number of benzene rings is 2. The van der Waals surface area contributed by atoms with Crippen LogP contribution in [0, 0.1) is 12.7 Å². The van der Waals surface area contributed by atoms with E-state index in [1.807, 2.05) is 19.1 Å². The van der Waals surface area contributed by atoms with Crippen LogP contribution < -0.4 is 0 Å². The smallest absolute Gasteiger partial charge is 0.126 e. The molecule has 0 spiro atoms. The molecule has 26 heavy (non-hydrogen) atoms. The zero-order valence-corrected chi connectivity index (χ0v) is 15.1. The molecule has 0 bridgehead atoms. The average molecular weight is 371 g/mol. The molecule has 1 fully saturated rings. The number of nitrogens with zero attached hydrogens (tertiary/aromatic N) is 3. The van der Waals surface area contributed by atoms with E-state index in [0.717, 1.165) is 34.6 Å². The van der Waals surface area contributed by atoms with Crippen LogP contribution in [0.5, 0.6) is 5.75 Å². The summed E-state index contributed by atoms with van der Waals surface area (Å²) in [7, 11) is -2.08. The van der Waals surface area contributed by atoms with Gasteiger partial charge in [0, 0.05) is 34.9 Å². The largest absolute Gasteiger partial charge is 0.508 e. The third-order valence-electron chi connectivity index (χ3n) is 4.60. The molecule has 3 aromatic rings. The standard InChI is InChI=1S/C19H18FN3O2S/c1-12-7-15(23-26(25)5-2-6-26)10-17-19(12)16(21-11-22-17)8-13-3-4-14(20)9-18(13)24/h3-4,7,9-11,24H,2,5-6,8H2,1H3. The summed E-state index contributed by atoms with van der Waals surface area (Å²) in [5.74, 6) is 0.737. The van der Waals surface area contributed by atoms with E-state index in [4.69, 9.17) is 0 Å². The van der Waals surface area contributed by atoms with Crippen LogP contribution in [0.2, 0.25) is 0 Å². The van der Waals surface area contributed by atoms with Gasteiger partial charge in [-0.15, -0.1) is 0 Å². The molecule has 134 valence electrons. The molecule has 0 amide bonds. The number of aromatic nitrogens is 2. The molecule has 1 saturated heterocycles. The van der Waals surface area contributed by atoms with E-state index in [1.54, 1.807) is 6.07 Å². The van der Waals surface area contributed by atoms with Crippen molar-refractivity contribution >= 4 is 26.3 Å². The first kappa shape index (κ1) is 16.9. The molecule has 0 atom stereocenters. The number of hydrogen-bond acceptors (Lipinski definition) is 5. The van der Waals surface area contributed by atoms with Gasteiger partial charge in [-0.05, 0) is 37.1 Å². The van der Waals surface area contributed by atoms with Crippen LogP contribution in [0.1, 0.15) is 23.2 Å². The molecule has 1 aromatic heterocycles. The summed E-state index contributed by atoms with van der Waals surface area (Å²) in [6, 6.07) is 7.68.